The Balaban J connectivity index is 2.57. The van der Waals surface area contributed by atoms with Gasteiger partial charge in [0.25, 0.3) is 0 Å². The zero-order valence-electron chi connectivity index (χ0n) is 11.3. The van der Waals surface area contributed by atoms with Gasteiger partial charge in [0.2, 0.25) is 5.91 Å². The van der Waals surface area contributed by atoms with E-state index in [1.54, 1.807) is 11.8 Å². The number of carbonyl (C=O) groups excluding carboxylic acids is 1. The summed E-state index contributed by atoms with van der Waals surface area (Å²) in [6.45, 7) is 4.03. The average Bonchev–Trinajstić information content (AvgIpc) is 2.36. The molecule has 0 saturated carbocycles. The fourth-order valence-electron chi connectivity index (χ4n) is 1.85. The van der Waals surface area contributed by atoms with Crippen LogP contribution in [0.5, 0.6) is 0 Å². The van der Waals surface area contributed by atoms with Crippen molar-refractivity contribution >= 4 is 17.7 Å². The fourth-order valence-corrected chi connectivity index (χ4v) is 2.34. The molecule has 1 rings (SSSR count). The number of rotatable bonds is 6. The van der Waals surface area contributed by atoms with Crippen molar-refractivity contribution in [1.82, 2.24) is 5.32 Å². The predicted octanol–water partition coefficient (Wildman–Crippen LogP) is 2.25. The van der Waals surface area contributed by atoms with Gasteiger partial charge in [0.15, 0.2) is 0 Å². The third kappa shape index (κ3) is 4.35. The van der Waals surface area contributed by atoms with Crippen LogP contribution in [0.4, 0.5) is 0 Å². The zero-order valence-corrected chi connectivity index (χ0v) is 12.1. The summed E-state index contributed by atoms with van der Waals surface area (Å²) in [4.78, 5) is 11.9. The number of benzene rings is 1. The molecule has 0 unspecified atom stereocenters. The first kappa shape index (κ1) is 15.1. The van der Waals surface area contributed by atoms with E-state index in [0.29, 0.717) is 6.42 Å². The van der Waals surface area contributed by atoms with E-state index < -0.39 is 6.04 Å². The number of hydrogen-bond acceptors (Lipinski definition) is 3. The summed E-state index contributed by atoms with van der Waals surface area (Å²) >= 11 is 1.71. The van der Waals surface area contributed by atoms with Crippen LogP contribution in [0.15, 0.2) is 24.3 Å². The number of nitrogens with one attached hydrogen (secondary N) is 1. The summed E-state index contributed by atoms with van der Waals surface area (Å²) in [7, 11) is 0. The predicted molar refractivity (Wildman–Crippen MR) is 78.7 cm³/mol. The Labute approximate surface area is 114 Å². The first-order chi connectivity index (χ1) is 8.56. The second-order valence-electron chi connectivity index (χ2n) is 4.47. The molecule has 18 heavy (non-hydrogen) atoms. The van der Waals surface area contributed by atoms with Crippen LogP contribution < -0.4 is 11.1 Å². The molecule has 1 aromatic rings. The third-order valence-electron chi connectivity index (χ3n) is 2.98. The standard InChI is InChI=1S/C14H22N2OS/c1-10-6-4-5-7-12(10)11(2)16-14(17)13(15)8-9-18-3/h4-7,11,13H,8-9,15H2,1-3H3,(H,16,17)/t11-,13-/m0/s1. The lowest BCUT2D eigenvalue weighted by molar-refractivity contribution is -0.123. The molecule has 0 radical (unpaired) electrons. The monoisotopic (exact) mass is 266 g/mol. The van der Waals surface area contributed by atoms with Crippen LogP contribution in [0.25, 0.3) is 0 Å². The van der Waals surface area contributed by atoms with E-state index in [0.717, 1.165) is 11.3 Å². The molecule has 0 aliphatic heterocycles. The summed E-state index contributed by atoms with van der Waals surface area (Å²) in [6.07, 6.45) is 2.73. The first-order valence-corrected chi connectivity index (χ1v) is 7.56. The van der Waals surface area contributed by atoms with E-state index in [1.807, 2.05) is 44.4 Å². The van der Waals surface area contributed by atoms with E-state index in [1.165, 1.54) is 5.56 Å². The summed E-state index contributed by atoms with van der Waals surface area (Å²) < 4.78 is 0. The number of carbonyl (C=O) groups is 1. The van der Waals surface area contributed by atoms with E-state index >= 15 is 0 Å². The molecule has 0 bridgehead atoms. The lowest BCUT2D eigenvalue weighted by Crippen LogP contribution is -2.42. The van der Waals surface area contributed by atoms with Crippen molar-refractivity contribution in [2.75, 3.05) is 12.0 Å². The van der Waals surface area contributed by atoms with Crippen molar-refractivity contribution < 1.29 is 4.79 Å². The van der Waals surface area contributed by atoms with Gasteiger partial charge in [-0.2, -0.15) is 11.8 Å². The van der Waals surface area contributed by atoms with Gasteiger partial charge in [0.05, 0.1) is 12.1 Å². The van der Waals surface area contributed by atoms with Gasteiger partial charge in [-0.05, 0) is 43.4 Å². The fraction of sp³-hybridized carbons (Fsp3) is 0.500. The number of aryl methyl sites for hydroxylation is 1. The summed E-state index contributed by atoms with van der Waals surface area (Å²) in [5, 5.41) is 2.97. The van der Waals surface area contributed by atoms with Gasteiger partial charge in [-0.3, -0.25) is 4.79 Å². The minimum absolute atomic E-state index is 0.000899. The molecular weight excluding hydrogens is 244 g/mol. The highest BCUT2D eigenvalue weighted by molar-refractivity contribution is 7.98. The maximum Gasteiger partial charge on any atom is 0.237 e. The highest BCUT2D eigenvalue weighted by Gasteiger charge is 2.16. The van der Waals surface area contributed by atoms with E-state index in [-0.39, 0.29) is 11.9 Å². The second kappa shape index (κ2) is 7.44. The minimum Gasteiger partial charge on any atom is -0.348 e. The van der Waals surface area contributed by atoms with Gasteiger partial charge in [0, 0.05) is 0 Å². The van der Waals surface area contributed by atoms with E-state index in [2.05, 4.69) is 5.32 Å². The summed E-state index contributed by atoms with van der Waals surface area (Å²) in [5.41, 5.74) is 8.17. The SMILES string of the molecule is CSCC[C@H](N)C(=O)N[C@@H](C)c1ccccc1C. The molecule has 0 aliphatic carbocycles. The molecule has 0 aromatic heterocycles. The highest BCUT2D eigenvalue weighted by atomic mass is 32.2. The Kier molecular flexibility index (Phi) is 6.22. The molecule has 0 aliphatic rings. The maximum absolute atomic E-state index is 11.9. The molecule has 0 spiro atoms. The highest BCUT2D eigenvalue weighted by Crippen LogP contribution is 2.16. The Bertz CT molecular complexity index is 395. The lowest BCUT2D eigenvalue weighted by atomic mass is 10.0. The van der Waals surface area contributed by atoms with Gasteiger partial charge in [-0.15, -0.1) is 0 Å². The number of thioether (sulfide) groups is 1. The van der Waals surface area contributed by atoms with Crippen molar-refractivity contribution in [2.45, 2.75) is 32.4 Å². The summed E-state index contributed by atoms with van der Waals surface area (Å²) in [6, 6.07) is 7.65. The molecule has 1 amide bonds. The van der Waals surface area contributed by atoms with Gasteiger partial charge in [-0.1, -0.05) is 24.3 Å². The van der Waals surface area contributed by atoms with Crippen LogP contribution in [0, 0.1) is 6.92 Å². The first-order valence-electron chi connectivity index (χ1n) is 6.16. The van der Waals surface area contributed by atoms with Crippen molar-refractivity contribution in [3.05, 3.63) is 35.4 Å². The van der Waals surface area contributed by atoms with Gasteiger partial charge in [0.1, 0.15) is 0 Å². The molecule has 2 atom stereocenters. The quantitative estimate of drug-likeness (QED) is 0.830. The van der Waals surface area contributed by atoms with Crippen molar-refractivity contribution in [3.8, 4) is 0 Å². The molecule has 1 aromatic carbocycles. The largest absolute Gasteiger partial charge is 0.348 e. The van der Waals surface area contributed by atoms with Crippen LogP contribution in [-0.4, -0.2) is 24.0 Å². The Hall–Kier alpha value is -1.00. The second-order valence-corrected chi connectivity index (χ2v) is 5.46. The van der Waals surface area contributed by atoms with Gasteiger partial charge < -0.3 is 11.1 Å². The van der Waals surface area contributed by atoms with Crippen LogP contribution in [-0.2, 0) is 4.79 Å². The Morgan fingerprint density at radius 3 is 2.72 bits per heavy atom. The van der Waals surface area contributed by atoms with Gasteiger partial charge in [-0.25, -0.2) is 0 Å². The molecular formula is C14H22N2OS. The Morgan fingerprint density at radius 2 is 2.11 bits per heavy atom. The molecule has 0 fully saturated rings. The maximum atomic E-state index is 11.9. The molecule has 100 valence electrons. The van der Waals surface area contributed by atoms with E-state index in [9.17, 15) is 4.79 Å². The topological polar surface area (TPSA) is 55.1 Å². The molecule has 0 saturated heterocycles. The number of nitrogens with two attached hydrogens (primary N) is 1. The molecule has 0 heterocycles. The Morgan fingerprint density at radius 1 is 1.44 bits per heavy atom. The lowest BCUT2D eigenvalue weighted by Gasteiger charge is -2.19. The van der Waals surface area contributed by atoms with Crippen molar-refractivity contribution in [1.29, 1.82) is 0 Å². The van der Waals surface area contributed by atoms with Crippen LogP contribution in [0.1, 0.15) is 30.5 Å². The van der Waals surface area contributed by atoms with Crippen molar-refractivity contribution in [3.63, 3.8) is 0 Å². The third-order valence-corrected chi connectivity index (χ3v) is 3.63. The normalized spacial score (nSPS) is 14.0. The smallest absolute Gasteiger partial charge is 0.237 e. The number of hydrogen-bond donors (Lipinski definition) is 2. The van der Waals surface area contributed by atoms with Crippen molar-refractivity contribution in [2.24, 2.45) is 5.73 Å². The number of amides is 1. The van der Waals surface area contributed by atoms with E-state index in [4.69, 9.17) is 5.73 Å². The average molecular weight is 266 g/mol. The summed E-state index contributed by atoms with van der Waals surface area (Å²) in [5.74, 6) is 0.840. The van der Waals surface area contributed by atoms with Crippen LogP contribution in [0.2, 0.25) is 0 Å². The van der Waals surface area contributed by atoms with Crippen LogP contribution >= 0.6 is 11.8 Å². The molecule has 3 nitrogen and oxygen atoms in total. The minimum atomic E-state index is -0.413. The van der Waals surface area contributed by atoms with Gasteiger partial charge >= 0.3 is 0 Å². The zero-order chi connectivity index (χ0) is 13.5. The molecule has 4 heteroatoms. The van der Waals surface area contributed by atoms with Crippen LogP contribution in [0.3, 0.4) is 0 Å². The molecule has 3 N–H and O–H groups in total.